The fourth-order valence-corrected chi connectivity index (χ4v) is 2.96. The summed E-state index contributed by atoms with van der Waals surface area (Å²) in [5, 5.41) is 4.36. The fraction of sp³-hybridized carbons (Fsp3) is 0.455. The lowest BCUT2D eigenvalue weighted by Crippen LogP contribution is -2.18. The monoisotopic (exact) mass is 227 g/mol. The van der Waals surface area contributed by atoms with Crippen LogP contribution in [0.5, 0.6) is 0 Å². The van der Waals surface area contributed by atoms with Crippen molar-refractivity contribution in [1.29, 1.82) is 0 Å². The van der Waals surface area contributed by atoms with Crippen molar-refractivity contribution < 1.29 is 0 Å². The van der Waals surface area contributed by atoms with Gasteiger partial charge in [0.15, 0.2) is 0 Å². The van der Waals surface area contributed by atoms with Crippen LogP contribution >= 0.6 is 23.4 Å². The highest BCUT2D eigenvalue weighted by molar-refractivity contribution is 7.99. The highest BCUT2D eigenvalue weighted by Crippen LogP contribution is 2.28. The lowest BCUT2D eigenvalue weighted by Gasteiger charge is -2.15. The fourth-order valence-electron chi connectivity index (χ4n) is 1.63. The number of thioether (sulfide) groups is 1. The standard InChI is InChI=1S/C11H14ClNS/c1-8-3-2-4-10(11(8)12)13-9-5-6-14-7-9/h2-4,9,13H,5-7H2,1H3. The SMILES string of the molecule is Cc1cccc(NC2CCSC2)c1Cl. The van der Waals surface area contributed by atoms with Crippen molar-refractivity contribution in [2.75, 3.05) is 16.8 Å². The molecule has 14 heavy (non-hydrogen) atoms. The first-order valence-corrected chi connectivity index (χ1v) is 6.40. The summed E-state index contributed by atoms with van der Waals surface area (Å²) >= 11 is 8.21. The van der Waals surface area contributed by atoms with Gasteiger partial charge in [0.2, 0.25) is 0 Å². The van der Waals surface area contributed by atoms with Crippen molar-refractivity contribution in [3.63, 3.8) is 0 Å². The average Bonchev–Trinajstić information content (AvgIpc) is 2.66. The summed E-state index contributed by atoms with van der Waals surface area (Å²) in [6.45, 7) is 2.04. The van der Waals surface area contributed by atoms with Crippen LogP contribution in [0.25, 0.3) is 0 Å². The highest BCUT2D eigenvalue weighted by atomic mass is 35.5. The maximum Gasteiger partial charge on any atom is 0.0666 e. The van der Waals surface area contributed by atoms with Gasteiger partial charge in [-0.1, -0.05) is 23.7 Å². The molecule has 1 nitrogen and oxygen atoms in total. The number of anilines is 1. The van der Waals surface area contributed by atoms with Gasteiger partial charge in [0, 0.05) is 11.8 Å². The van der Waals surface area contributed by atoms with Crippen molar-refractivity contribution in [3.8, 4) is 0 Å². The molecule has 0 saturated carbocycles. The van der Waals surface area contributed by atoms with E-state index < -0.39 is 0 Å². The average molecular weight is 228 g/mol. The van der Waals surface area contributed by atoms with E-state index in [-0.39, 0.29) is 0 Å². The molecule has 1 saturated heterocycles. The van der Waals surface area contributed by atoms with Crippen molar-refractivity contribution >= 4 is 29.1 Å². The van der Waals surface area contributed by atoms with Gasteiger partial charge in [0.25, 0.3) is 0 Å². The number of benzene rings is 1. The molecule has 0 spiro atoms. The zero-order valence-corrected chi connectivity index (χ0v) is 9.79. The van der Waals surface area contributed by atoms with Crippen LogP contribution in [0.4, 0.5) is 5.69 Å². The molecular formula is C11H14ClNS. The molecule has 0 amide bonds. The van der Waals surface area contributed by atoms with Gasteiger partial charge in [-0.3, -0.25) is 0 Å². The molecule has 2 rings (SSSR count). The van der Waals surface area contributed by atoms with E-state index >= 15 is 0 Å². The van der Waals surface area contributed by atoms with Crippen molar-refractivity contribution in [2.24, 2.45) is 0 Å². The Kier molecular flexibility index (Phi) is 3.24. The molecule has 1 aliphatic rings. The third-order valence-electron chi connectivity index (χ3n) is 2.48. The molecule has 1 N–H and O–H groups in total. The van der Waals surface area contributed by atoms with Crippen molar-refractivity contribution in [2.45, 2.75) is 19.4 Å². The van der Waals surface area contributed by atoms with Gasteiger partial charge in [-0.25, -0.2) is 0 Å². The number of nitrogens with one attached hydrogen (secondary N) is 1. The summed E-state index contributed by atoms with van der Waals surface area (Å²) in [5.74, 6) is 2.46. The van der Waals surface area contributed by atoms with Crippen molar-refractivity contribution in [1.82, 2.24) is 0 Å². The van der Waals surface area contributed by atoms with Gasteiger partial charge in [0.1, 0.15) is 0 Å². The predicted molar refractivity (Wildman–Crippen MR) is 65.5 cm³/mol. The Morgan fingerprint density at radius 2 is 2.36 bits per heavy atom. The smallest absolute Gasteiger partial charge is 0.0666 e. The van der Waals surface area contributed by atoms with Crippen LogP contribution in [0, 0.1) is 6.92 Å². The number of aryl methyl sites for hydroxylation is 1. The summed E-state index contributed by atoms with van der Waals surface area (Å²) in [5.41, 5.74) is 2.22. The van der Waals surface area contributed by atoms with Gasteiger partial charge in [-0.15, -0.1) is 0 Å². The lowest BCUT2D eigenvalue weighted by molar-refractivity contribution is 0.813. The Morgan fingerprint density at radius 3 is 3.07 bits per heavy atom. The first kappa shape index (κ1) is 10.2. The first-order valence-electron chi connectivity index (χ1n) is 4.87. The summed E-state index contributed by atoms with van der Waals surface area (Å²) in [7, 11) is 0. The second kappa shape index (κ2) is 4.45. The van der Waals surface area contributed by atoms with E-state index in [2.05, 4.69) is 11.4 Å². The maximum atomic E-state index is 6.20. The van der Waals surface area contributed by atoms with Crippen LogP contribution in [-0.4, -0.2) is 17.5 Å². The molecule has 0 aromatic heterocycles. The van der Waals surface area contributed by atoms with E-state index in [4.69, 9.17) is 11.6 Å². The van der Waals surface area contributed by atoms with Gasteiger partial charge in [0.05, 0.1) is 10.7 Å². The third-order valence-corrected chi connectivity index (χ3v) is 4.15. The molecule has 1 unspecified atom stereocenters. The second-order valence-electron chi connectivity index (χ2n) is 3.64. The molecule has 1 fully saturated rings. The van der Waals surface area contributed by atoms with Gasteiger partial charge in [-0.05, 0) is 30.7 Å². The minimum Gasteiger partial charge on any atom is -0.380 e. The lowest BCUT2D eigenvalue weighted by atomic mass is 10.2. The van der Waals surface area contributed by atoms with E-state index in [1.165, 1.54) is 17.9 Å². The molecule has 76 valence electrons. The van der Waals surface area contributed by atoms with Crippen LogP contribution in [0.1, 0.15) is 12.0 Å². The van der Waals surface area contributed by atoms with E-state index in [1.54, 1.807) is 0 Å². The number of hydrogen-bond donors (Lipinski definition) is 1. The molecule has 1 atom stereocenters. The van der Waals surface area contributed by atoms with Crippen molar-refractivity contribution in [3.05, 3.63) is 28.8 Å². The second-order valence-corrected chi connectivity index (χ2v) is 5.17. The molecule has 1 heterocycles. The van der Waals surface area contributed by atoms with E-state index in [9.17, 15) is 0 Å². The molecule has 1 aromatic rings. The Balaban J connectivity index is 2.11. The van der Waals surface area contributed by atoms with Crippen LogP contribution in [-0.2, 0) is 0 Å². The quantitative estimate of drug-likeness (QED) is 0.829. The minimum absolute atomic E-state index is 0.597. The van der Waals surface area contributed by atoms with E-state index in [0.717, 1.165) is 16.3 Å². The zero-order chi connectivity index (χ0) is 9.97. The Labute approximate surface area is 94.2 Å². The largest absolute Gasteiger partial charge is 0.380 e. The topological polar surface area (TPSA) is 12.0 Å². The molecule has 1 aliphatic heterocycles. The number of rotatable bonds is 2. The highest BCUT2D eigenvalue weighted by Gasteiger charge is 2.16. The zero-order valence-electron chi connectivity index (χ0n) is 8.22. The number of halogens is 1. The Morgan fingerprint density at radius 1 is 1.50 bits per heavy atom. The molecule has 0 bridgehead atoms. The van der Waals surface area contributed by atoms with Gasteiger partial charge < -0.3 is 5.32 Å². The molecule has 0 aliphatic carbocycles. The van der Waals surface area contributed by atoms with Gasteiger partial charge in [-0.2, -0.15) is 11.8 Å². The third kappa shape index (κ3) is 2.18. The molecule has 1 aromatic carbocycles. The van der Waals surface area contributed by atoms with Crippen LogP contribution < -0.4 is 5.32 Å². The molecule has 3 heteroatoms. The van der Waals surface area contributed by atoms with Crippen LogP contribution in [0.15, 0.2) is 18.2 Å². The molecule has 0 radical (unpaired) electrons. The molecular weight excluding hydrogens is 214 g/mol. The Hall–Kier alpha value is -0.340. The predicted octanol–water partition coefficient (Wildman–Crippen LogP) is 3.57. The normalized spacial score (nSPS) is 21.1. The minimum atomic E-state index is 0.597. The number of hydrogen-bond acceptors (Lipinski definition) is 2. The Bertz CT molecular complexity index is 321. The summed E-state index contributed by atoms with van der Waals surface area (Å²) in [6, 6.07) is 6.74. The van der Waals surface area contributed by atoms with Crippen LogP contribution in [0.2, 0.25) is 5.02 Å². The summed E-state index contributed by atoms with van der Waals surface area (Å²) in [4.78, 5) is 0. The van der Waals surface area contributed by atoms with E-state index in [0.29, 0.717) is 6.04 Å². The first-order chi connectivity index (χ1) is 6.77. The summed E-state index contributed by atoms with van der Waals surface area (Å²) in [6.07, 6.45) is 1.24. The summed E-state index contributed by atoms with van der Waals surface area (Å²) < 4.78 is 0. The van der Waals surface area contributed by atoms with Crippen LogP contribution in [0.3, 0.4) is 0 Å². The van der Waals surface area contributed by atoms with E-state index in [1.807, 2.05) is 30.8 Å². The van der Waals surface area contributed by atoms with Gasteiger partial charge >= 0.3 is 0 Å². The maximum absolute atomic E-state index is 6.20.